The van der Waals surface area contributed by atoms with E-state index in [9.17, 15) is 14.9 Å². The normalized spacial score (nSPS) is 20.4. The summed E-state index contributed by atoms with van der Waals surface area (Å²) in [4.78, 5) is 28.4. The summed E-state index contributed by atoms with van der Waals surface area (Å²) in [7, 11) is 1.57. The summed E-state index contributed by atoms with van der Waals surface area (Å²) in [5, 5.41) is 18.2. The van der Waals surface area contributed by atoms with E-state index in [1.165, 1.54) is 12.3 Å². The summed E-state index contributed by atoms with van der Waals surface area (Å²) >= 11 is 0. The molecule has 10 nitrogen and oxygen atoms in total. The van der Waals surface area contributed by atoms with Crippen molar-refractivity contribution in [2.45, 2.75) is 31.8 Å². The van der Waals surface area contributed by atoms with E-state index in [1.807, 2.05) is 41.2 Å². The number of rotatable bonds is 5. The molecule has 3 aromatic rings. The number of hydrogen-bond donors (Lipinski definition) is 0. The Kier molecular flexibility index (Phi) is 5.76. The maximum Gasteiger partial charge on any atom is 0.246 e. The van der Waals surface area contributed by atoms with Gasteiger partial charge in [0.1, 0.15) is 22.9 Å². The highest BCUT2D eigenvalue weighted by Gasteiger charge is 2.44. The Morgan fingerprint density at radius 2 is 1.97 bits per heavy atom. The number of carbonyl (C=O) groups is 2. The van der Waals surface area contributed by atoms with Gasteiger partial charge < -0.3 is 14.5 Å². The van der Waals surface area contributed by atoms with Gasteiger partial charge in [-0.25, -0.2) is 4.52 Å². The van der Waals surface area contributed by atoms with Crippen LogP contribution in [0.2, 0.25) is 0 Å². The molecule has 2 aliphatic heterocycles. The molecule has 5 heterocycles. The maximum atomic E-state index is 13.0. The van der Waals surface area contributed by atoms with Crippen LogP contribution in [0.15, 0.2) is 43.5 Å². The number of nitrogens with zero attached hydrogens (tertiary/aromatic N) is 7. The van der Waals surface area contributed by atoms with Gasteiger partial charge in [-0.05, 0) is 31.9 Å². The van der Waals surface area contributed by atoms with Crippen molar-refractivity contribution in [2.24, 2.45) is 5.92 Å². The van der Waals surface area contributed by atoms with Gasteiger partial charge in [0.2, 0.25) is 11.8 Å². The average Bonchev–Trinajstić information content (AvgIpc) is 3.54. The molecule has 0 bridgehead atoms. The van der Waals surface area contributed by atoms with Gasteiger partial charge in [-0.2, -0.15) is 15.5 Å². The van der Waals surface area contributed by atoms with E-state index >= 15 is 0 Å². The van der Waals surface area contributed by atoms with Crippen molar-refractivity contribution in [3.63, 3.8) is 0 Å². The summed E-state index contributed by atoms with van der Waals surface area (Å²) < 4.78 is 9.13. The molecule has 35 heavy (non-hydrogen) atoms. The first-order chi connectivity index (χ1) is 16.9. The van der Waals surface area contributed by atoms with Crippen molar-refractivity contribution in [3.8, 4) is 22.9 Å². The van der Waals surface area contributed by atoms with Crippen molar-refractivity contribution < 1.29 is 14.3 Å². The third-order valence-corrected chi connectivity index (χ3v) is 7.24. The molecule has 0 aliphatic carbocycles. The highest BCUT2D eigenvalue weighted by Crippen LogP contribution is 2.32. The van der Waals surface area contributed by atoms with Gasteiger partial charge >= 0.3 is 0 Å². The summed E-state index contributed by atoms with van der Waals surface area (Å²) in [6, 6.07) is 4.14. The number of amides is 2. The van der Waals surface area contributed by atoms with E-state index in [4.69, 9.17) is 4.74 Å². The molecular formula is C25H27N7O3. The Morgan fingerprint density at radius 3 is 2.63 bits per heavy atom. The summed E-state index contributed by atoms with van der Waals surface area (Å²) in [5.41, 5.74) is 2.91. The number of hydrogen-bond acceptors (Lipinski definition) is 6. The molecule has 0 radical (unpaired) electrons. The first-order valence-corrected chi connectivity index (χ1v) is 11.7. The fourth-order valence-corrected chi connectivity index (χ4v) is 5.05. The predicted octanol–water partition coefficient (Wildman–Crippen LogP) is 2.27. The molecule has 3 aromatic heterocycles. The molecule has 2 saturated heterocycles. The lowest BCUT2D eigenvalue weighted by Gasteiger charge is -2.47. The van der Waals surface area contributed by atoms with Crippen molar-refractivity contribution >= 4 is 17.3 Å². The summed E-state index contributed by atoms with van der Waals surface area (Å²) in [5.74, 6) is 0.446. The van der Waals surface area contributed by atoms with E-state index in [-0.39, 0.29) is 29.8 Å². The van der Waals surface area contributed by atoms with E-state index in [2.05, 4.69) is 22.8 Å². The standard InChI is InChI=1S/C25H27N7O3/c1-4-23(33)30-15-21(16(30)2)25(34)29-7-5-20(6-8-29)31-14-19(12-27-31)17-9-22(35-3)24-18(10-26)11-28-32(24)13-17/h4,9,11-14,16,20-21H,1,5-8,15H2,2-3H3. The lowest BCUT2D eigenvalue weighted by atomic mass is 9.87. The molecule has 2 amide bonds. The average molecular weight is 474 g/mol. The van der Waals surface area contributed by atoms with Crippen molar-refractivity contribution in [3.05, 3.63) is 49.1 Å². The topological polar surface area (TPSA) is 109 Å². The molecule has 5 rings (SSSR count). The molecule has 0 saturated carbocycles. The van der Waals surface area contributed by atoms with Crippen molar-refractivity contribution in [2.75, 3.05) is 26.7 Å². The first kappa shape index (κ1) is 22.7. The van der Waals surface area contributed by atoms with E-state index in [0.717, 1.165) is 24.0 Å². The number of fused-ring (bicyclic) bond motifs is 1. The number of ether oxygens (including phenoxy) is 1. The molecule has 0 N–H and O–H groups in total. The largest absolute Gasteiger partial charge is 0.494 e. The minimum Gasteiger partial charge on any atom is -0.494 e. The SMILES string of the molecule is C=CC(=O)N1CC(C(=O)N2CCC(n3cc(-c4cc(OC)c5c(C#N)cnn5c4)cn3)CC2)C1C. The van der Waals surface area contributed by atoms with E-state index in [0.29, 0.717) is 36.5 Å². The third kappa shape index (κ3) is 3.83. The quantitative estimate of drug-likeness (QED) is 0.526. The maximum absolute atomic E-state index is 13.0. The molecule has 2 unspecified atom stereocenters. The Hall–Kier alpha value is -4.13. The van der Waals surface area contributed by atoms with Gasteiger partial charge in [0.25, 0.3) is 0 Å². The van der Waals surface area contributed by atoms with Crippen molar-refractivity contribution in [1.82, 2.24) is 29.2 Å². The van der Waals surface area contributed by atoms with Crippen LogP contribution in [0.5, 0.6) is 5.75 Å². The Balaban J connectivity index is 1.25. The third-order valence-electron chi connectivity index (χ3n) is 7.24. The van der Waals surface area contributed by atoms with E-state index in [1.54, 1.807) is 16.5 Å². The Bertz CT molecular complexity index is 1340. The Labute approximate surface area is 203 Å². The van der Waals surface area contributed by atoms with Crippen LogP contribution in [0.4, 0.5) is 0 Å². The van der Waals surface area contributed by atoms with Crippen LogP contribution in [0, 0.1) is 17.2 Å². The van der Waals surface area contributed by atoms with Crippen LogP contribution >= 0.6 is 0 Å². The van der Waals surface area contributed by atoms with Gasteiger partial charge in [-0.3, -0.25) is 14.3 Å². The van der Waals surface area contributed by atoms with Gasteiger partial charge in [0.15, 0.2) is 0 Å². The van der Waals surface area contributed by atoms with Gasteiger partial charge in [0, 0.05) is 49.2 Å². The number of pyridine rings is 1. The second-order valence-corrected chi connectivity index (χ2v) is 9.07. The van der Waals surface area contributed by atoms with Gasteiger partial charge in [-0.15, -0.1) is 0 Å². The zero-order valence-electron chi connectivity index (χ0n) is 19.8. The van der Waals surface area contributed by atoms with Crippen molar-refractivity contribution in [1.29, 1.82) is 5.26 Å². The number of carbonyl (C=O) groups excluding carboxylic acids is 2. The minimum absolute atomic E-state index is 0.0900. The highest BCUT2D eigenvalue weighted by atomic mass is 16.5. The van der Waals surface area contributed by atoms with Crippen LogP contribution in [-0.4, -0.2) is 73.8 Å². The second-order valence-electron chi connectivity index (χ2n) is 9.07. The van der Waals surface area contributed by atoms with Gasteiger partial charge in [-0.1, -0.05) is 6.58 Å². The van der Waals surface area contributed by atoms with Crippen LogP contribution in [0.1, 0.15) is 31.4 Å². The number of likely N-dealkylation sites (tertiary alicyclic amines) is 2. The van der Waals surface area contributed by atoms with Crippen LogP contribution in [-0.2, 0) is 9.59 Å². The number of methoxy groups -OCH3 is 1. The van der Waals surface area contributed by atoms with E-state index < -0.39 is 0 Å². The first-order valence-electron chi connectivity index (χ1n) is 11.7. The van der Waals surface area contributed by atoms with Crippen LogP contribution in [0.3, 0.4) is 0 Å². The summed E-state index contributed by atoms with van der Waals surface area (Å²) in [6.07, 6.45) is 10.1. The smallest absolute Gasteiger partial charge is 0.246 e. The fraction of sp³-hybridized carbons (Fsp3) is 0.400. The zero-order chi connectivity index (χ0) is 24.7. The Morgan fingerprint density at radius 1 is 1.20 bits per heavy atom. The molecule has 10 heteroatoms. The molecule has 0 aromatic carbocycles. The molecule has 180 valence electrons. The molecule has 2 aliphatic rings. The monoisotopic (exact) mass is 473 g/mol. The number of nitriles is 1. The lowest BCUT2D eigenvalue weighted by molar-refractivity contribution is -0.152. The number of aromatic nitrogens is 4. The van der Waals surface area contributed by atoms with Gasteiger partial charge in [0.05, 0.1) is 31.5 Å². The lowest BCUT2D eigenvalue weighted by Crippen LogP contribution is -2.62. The summed E-state index contributed by atoms with van der Waals surface area (Å²) in [6.45, 7) is 7.25. The minimum atomic E-state index is -0.138. The molecule has 0 spiro atoms. The second kappa shape index (κ2) is 8.91. The predicted molar refractivity (Wildman–Crippen MR) is 127 cm³/mol. The molecular weight excluding hydrogens is 446 g/mol. The molecule has 2 atom stereocenters. The molecule has 2 fully saturated rings. The zero-order valence-corrected chi connectivity index (χ0v) is 19.8. The highest BCUT2D eigenvalue weighted by molar-refractivity contribution is 5.91. The van der Waals surface area contributed by atoms with Crippen LogP contribution < -0.4 is 4.74 Å². The fourth-order valence-electron chi connectivity index (χ4n) is 5.05. The van der Waals surface area contributed by atoms with Crippen LogP contribution in [0.25, 0.3) is 16.6 Å². The number of piperidine rings is 1.